The topological polar surface area (TPSA) is 81.1 Å². The number of ether oxygens (including phenoxy) is 1. The molecule has 0 bridgehead atoms. The number of nitrogens with zero attached hydrogens (tertiary/aromatic N) is 3. The highest BCUT2D eigenvalue weighted by Crippen LogP contribution is 2.19. The predicted octanol–water partition coefficient (Wildman–Crippen LogP) is 2.41. The van der Waals surface area contributed by atoms with Gasteiger partial charge in [0.2, 0.25) is 0 Å². The molecule has 2 aromatic rings. The zero-order valence-corrected chi connectivity index (χ0v) is 13.8. The standard InChI is InChI=1S/C17H23N5O2/c1-2-14(16-8-5-9-24-16)20-17(23)21-15-7-4-3-6-13(15)10-22-12-18-11-19-22/h3-4,6-7,11-12,14,16H,2,5,8-10H2,1H3,(H2,20,21,23). The molecule has 2 unspecified atom stereocenters. The molecular weight excluding hydrogens is 306 g/mol. The fraction of sp³-hybridized carbons (Fsp3) is 0.471. The Balaban J connectivity index is 1.63. The van der Waals surface area contributed by atoms with Gasteiger partial charge in [-0.3, -0.25) is 0 Å². The number of urea groups is 1. The second kappa shape index (κ2) is 7.92. The fourth-order valence-corrected chi connectivity index (χ4v) is 2.97. The quantitative estimate of drug-likeness (QED) is 0.853. The Morgan fingerprint density at radius 1 is 1.46 bits per heavy atom. The van der Waals surface area contributed by atoms with Gasteiger partial charge in [-0.1, -0.05) is 25.1 Å². The molecule has 1 fully saturated rings. The van der Waals surface area contributed by atoms with Gasteiger partial charge in [0.1, 0.15) is 12.7 Å². The van der Waals surface area contributed by atoms with E-state index >= 15 is 0 Å². The third-order valence-corrected chi connectivity index (χ3v) is 4.23. The number of carbonyl (C=O) groups is 1. The van der Waals surface area contributed by atoms with Crippen molar-refractivity contribution < 1.29 is 9.53 Å². The van der Waals surface area contributed by atoms with Gasteiger partial charge in [0, 0.05) is 12.3 Å². The molecule has 24 heavy (non-hydrogen) atoms. The van der Waals surface area contributed by atoms with Crippen molar-refractivity contribution >= 4 is 11.7 Å². The molecule has 0 radical (unpaired) electrons. The van der Waals surface area contributed by atoms with Crippen LogP contribution in [-0.2, 0) is 11.3 Å². The van der Waals surface area contributed by atoms with Crippen molar-refractivity contribution in [2.75, 3.05) is 11.9 Å². The lowest BCUT2D eigenvalue weighted by Crippen LogP contribution is -2.44. The second-order valence-electron chi connectivity index (χ2n) is 5.91. The minimum absolute atomic E-state index is 0.0370. The number of anilines is 1. The number of nitrogens with one attached hydrogen (secondary N) is 2. The van der Waals surface area contributed by atoms with Crippen molar-refractivity contribution in [3.8, 4) is 0 Å². The number of para-hydroxylation sites is 1. The molecule has 1 aliphatic heterocycles. The molecule has 2 amide bonds. The summed E-state index contributed by atoms with van der Waals surface area (Å²) in [6.07, 6.45) is 6.18. The van der Waals surface area contributed by atoms with Crippen molar-refractivity contribution in [1.29, 1.82) is 0 Å². The van der Waals surface area contributed by atoms with E-state index in [1.807, 2.05) is 24.3 Å². The largest absolute Gasteiger partial charge is 0.376 e. The van der Waals surface area contributed by atoms with Crippen molar-refractivity contribution in [3.63, 3.8) is 0 Å². The van der Waals surface area contributed by atoms with Crippen molar-refractivity contribution in [2.45, 2.75) is 44.9 Å². The van der Waals surface area contributed by atoms with Crippen molar-refractivity contribution in [2.24, 2.45) is 0 Å². The van der Waals surface area contributed by atoms with Crippen LogP contribution in [0.25, 0.3) is 0 Å². The molecule has 7 heteroatoms. The molecule has 0 spiro atoms. The molecule has 0 aliphatic carbocycles. The summed E-state index contributed by atoms with van der Waals surface area (Å²) in [7, 11) is 0. The molecule has 1 aromatic heterocycles. The zero-order chi connectivity index (χ0) is 16.8. The van der Waals surface area contributed by atoms with Gasteiger partial charge in [-0.25, -0.2) is 14.5 Å². The first-order chi connectivity index (χ1) is 11.8. The van der Waals surface area contributed by atoms with Crippen LogP contribution in [0.5, 0.6) is 0 Å². The van der Waals surface area contributed by atoms with Gasteiger partial charge in [-0.05, 0) is 30.9 Å². The number of amides is 2. The molecule has 0 saturated carbocycles. The number of hydrogen-bond donors (Lipinski definition) is 2. The lowest BCUT2D eigenvalue weighted by Gasteiger charge is -2.23. The smallest absolute Gasteiger partial charge is 0.319 e. The average Bonchev–Trinajstić information content (AvgIpc) is 3.28. The lowest BCUT2D eigenvalue weighted by molar-refractivity contribution is 0.0804. The van der Waals surface area contributed by atoms with Gasteiger partial charge in [-0.2, -0.15) is 5.10 Å². The summed E-state index contributed by atoms with van der Waals surface area (Å²) in [6.45, 7) is 3.40. The minimum Gasteiger partial charge on any atom is -0.376 e. The summed E-state index contributed by atoms with van der Waals surface area (Å²) in [5.41, 5.74) is 1.75. The number of aromatic nitrogens is 3. The molecule has 1 saturated heterocycles. The van der Waals surface area contributed by atoms with Crippen LogP contribution in [0.2, 0.25) is 0 Å². The van der Waals surface area contributed by atoms with Crippen LogP contribution in [0.4, 0.5) is 10.5 Å². The van der Waals surface area contributed by atoms with Crippen LogP contribution < -0.4 is 10.6 Å². The maximum absolute atomic E-state index is 12.4. The van der Waals surface area contributed by atoms with Gasteiger partial charge in [-0.15, -0.1) is 0 Å². The van der Waals surface area contributed by atoms with E-state index in [1.54, 1.807) is 11.0 Å². The minimum atomic E-state index is -0.205. The summed E-state index contributed by atoms with van der Waals surface area (Å²) >= 11 is 0. The summed E-state index contributed by atoms with van der Waals surface area (Å²) in [6, 6.07) is 7.53. The maximum atomic E-state index is 12.4. The van der Waals surface area contributed by atoms with Crippen molar-refractivity contribution in [1.82, 2.24) is 20.1 Å². The average molecular weight is 329 g/mol. The van der Waals surface area contributed by atoms with Crippen LogP contribution >= 0.6 is 0 Å². The van der Waals surface area contributed by atoms with E-state index in [0.717, 1.165) is 37.1 Å². The summed E-state index contributed by atoms with van der Waals surface area (Å²) < 4.78 is 7.41. The summed E-state index contributed by atoms with van der Waals surface area (Å²) in [5.74, 6) is 0. The molecule has 7 nitrogen and oxygen atoms in total. The summed E-state index contributed by atoms with van der Waals surface area (Å²) in [5, 5.41) is 10.1. The van der Waals surface area contributed by atoms with E-state index < -0.39 is 0 Å². The molecule has 3 rings (SSSR count). The monoisotopic (exact) mass is 329 g/mol. The van der Waals surface area contributed by atoms with Gasteiger partial charge >= 0.3 is 6.03 Å². The van der Waals surface area contributed by atoms with Crippen LogP contribution in [0.3, 0.4) is 0 Å². The molecule has 1 aliphatic rings. The first kappa shape index (κ1) is 16.4. The zero-order valence-electron chi connectivity index (χ0n) is 13.8. The van der Waals surface area contributed by atoms with E-state index in [-0.39, 0.29) is 18.2 Å². The maximum Gasteiger partial charge on any atom is 0.319 e. The lowest BCUT2D eigenvalue weighted by atomic mass is 10.1. The molecule has 2 N–H and O–H groups in total. The Bertz CT molecular complexity index is 653. The van der Waals surface area contributed by atoms with Crippen LogP contribution in [0.15, 0.2) is 36.9 Å². The number of carbonyl (C=O) groups excluding carboxylic acids is 1. The number of benzene rings is 1. The molecule has 1 aromatic carbocycles. The molecule has 128 valence electrons. The Morgan fingerprint density at radius 3 is 3.04 bits per heavy atom. The molecule has 2 atom stereocenters. The van der Waals surface area contributed by atoms with Gasteiger partial charge < -0.3 is 15.4 Å². The normalized spacial score (nSPS) is 18.3. The number of hydrogen-bond acceptors (Lipinski definition) is 4. The highest BCUT2D eigenvalue weighted by molar-refractivity contribution is 5.90. The van der Waals surface area contributed by atoms with E-state index in [0.29, 0.717) is 6.54 Å². The molecular formula is C17H23N5O2. The second-order valence-corrected chi connectivity index (χ2v) is 5.91. The Labute approximate surface area is 141 Å². The number of rotatable bonds is 6. The van der Waals surface area contributed by atoms with Crippen LogP contribution in [0, 0.1) is 0 Å². The Kier molecular flexibility index (Phi) is 5.43. The van der Waals surface area contributed by atoms with Gasteiger partial charge in [0.25, 0.3) is 0 Å². The van der Waals surface area contributed by atoms with Crippen LogP contribution in [-0.4, -0.2) is 39.5 Å². The fourth-order valence-electron chi connectivity index (χ4n) is 2.97. The van der Waals surface area contributed by atoms with E-state index in [1.165, 1.54) is 6.33 Å². The Hall–Kier alpha value is -2.41. The van der Waals surface area contributed by atoms with E-state index in [9.17, 15) is 4.79 Å². The molecule has 2 heterocycles. The SMILES string of the molecule is CCC(NC(=O)Nc1ccccc1Cn1cncn1)C1CCCO1. The first-order valence-electron chi connectivity index (χ1n) is 8.35. The van der Waals surface area contributed by atoms with E-state index in [4.69, 9.17) is 4.74 Å². The van der Waals surface area contributed by atoms with Crippen LogP contribution in [0.1, 0.15) is 31.7 Å². The third-order valence-electron chi connectivity index (χ3n) is 4.23. The predicted molar refractivity (Wildman–Crippen MR) is 90.8 cm³/mol. The van der Waals surface area contributed by atoms with Crippen molar-refractivity contribution in [3.05, 3.63) is 42.5 Å². The highest BCUT2D eigenvalue weighted by atomic mass is 16.5. The Morgan fingerprint density at radius 2 is 2.33 bits per heavy atom. The highest BCUT2D eigenvalue weighted by Gasteiger charge is 2.26. The van der Waals surface area contributed by atoms with E-state index in [2.05, 4.69) is 27.6 Å². The van der Waals surface area contributed by atoms with Gasteiger partial charge in [0.05, 0.1) is 18.7 Å². The first-order valence-corrected chi connectivity index (χ1v) is 8.35. The summed E-state index contributed by atoms with van der Waals surface area (Å²) in [4.78, 5) is 16.3. The third kappa shape index (κ3) is 4.11. The van der Waals surface area contributed by atoms with Gasteiger partial charge in [0.15, 0.2) is 0 Å².